The molecule has 0 atom stereocenters. The lowest BCUT2D eigenvalue weighted by Gasteiger charge is -2.34. The zero-order valence-corrected chi connectivity index (χ0v) is 14.6. The van der Waals surface area contributed by atoms with Crippen LogP contribution >= 0.6 is 12.2 Å². The van der Waals surface area contributed by atoms with E-state index in [-0.39, 0.29) is 5.82 Å². The molecule has 0 saturated carbocycles. The van der Waals surface area contributed by atoms with Crippen molar-refractivity contribution in [3.8, 4) is 0 Å². The number of nitrogens with one attached hydrogen (secondary N) is 1. The van der Waals surface area contributed by atoms with Crippen LogP contribution in [0, 0.1) is 11.7 Å². The van der Waals surface area contributed by atoms with E-state index in [9.17, 15) is 4.39 Å². The molecule has 0 radical (unpaired) electrons. The van der Waals surface area contributed by atoms with Crippen molar-refractivity contribution in [1.82, 2.24) is 10.2 Å². The third-order valence-corrected chi connectivity index (χ3v) is 5.03. The Morgan fingerprint density at radius 1 is 1.00 bits per heavy atom. The van der Waals surface area contributed by atoms with E-state index in [4.69, 9.17) is 12.2 Å². The Morgan fingerprint density at radius 2 is 1.67 bits per heavy atom. The predicted octanol–water partition coefficient (Wildman–Crippen LogP) is 4.15. The summed E-state index contributed by atoms with van der Waals surface area (Å²) >= 11 is 5.51. The maximum Gasteiger partial charge on any atom is 0.169 e. The molecule has 1 heterocycles. The van der Waals surface area contributed by atoms with Crippen molar-refractivity contribution >= 4 is 17.3 Å². The predicted molar refractivity (Wildman–Crippen MR) is 100 cm³/mol. The SMILES string of the molecule is Fc1ccc(CNC(=S)N2CCC(Cc3ccccc3)CC2)cc1. The van der Waals surface area contributed by atoms with Gasteiger partial charge in [0.15, 0.2) is 5.11 Å². The first-order valence-electron chi connectivity index (χ1n) is 8.52. The number of halogens is 1. The van der Waals surface area contributed by atoms with Gasteiger partial charge in [-0.25, -0.2) is 4.39 Å². The zero-order valence-electron chi connectivity index (χ0n) is 13.7. The third kappa shape index (κ3) is 4.78. The highest BCUT2D eigenvalue weighted by atomic mass is 32.1. The molecule has 4 heteroatoms. The van der Waals surface area contributed by atoms with Crippen LogP contribution < -0.4 is 5.32 Å². The van der Waals surface area contributed by atoms with Crippen molar-refractivity contribution in [1.29, 1.82) is 0 Å². The lowest BCUT2D eigenvalue weighted by Crippen LogP contribution is -2.44. The summed E-state index contributed by atoms with van der Waals surface area (Å²) in [6, 6.07) is 17.2. The molecule has 0 bridgehead atoms. The van der Waals surface area contributed by atoms with Gasteiger partial charge in [0.25, 0.3) is 0 Å². The second-order valence-corrected chi connectivity index (χ2v) is 6.79. The van der Waals surface area contributed by atoms with Gasteiger partial charge < -0.3 is 10.2 Å². The number of benzene rings is 2. The number of likely N-dealkylation sites (tertiary alicyclic amines) is 1. The molecule has 2 nitrogen and oxygen atoms in total. The van der Waals surface area contributed by atoms with E-state index in [2.05, 4.69) is 40.5 Å². The molecule has 3 rings (SSSR count). The van der Waals surface area contributed by atoms with E-state index in [0.29, 0.717) is 6.54 Å². The molecule has 2 aromatic carbocycles. The quantitative estimate of drug-likeness (QED) is 0.840. The molecule has 1 fully saturated rings. The Labute approximate surface area is 148 Å². The van der Waals surface area contributed by atoms with Crippen molar-refractivity contribution in [2.75, 3.05) is 13.1 Å². The molecule has 0 aromatic heterocycles. The fourth-order valence-electron chi connectivity index (χ4n) is 3.18. The Bertz CT molecular complexity index is 649. The highest BCUT2D eigenvalue weighted by Crippen LogP contribution is 2.21. The number of hydrogen-bond acceptors (Lipinski definition) is 1. The fraction of sp³-hybridized carbons (Fsp3) is 0.350. The first kappa shape index (κ1) is 16.9. The number of nitrogens with zero attached hydrogens (tertiary/aromatic N) is 1. The van der Waals surface area contributed by atoms with Crippen LogP contribution in [-0.2, 0) is 13.0 Å². The highest BCUT2D eigenvalue weighted by molar-refractivity contribution is 7.80. The Morgan fingerprint density at radius 3 is 2.33 bits per heavy atom. The van der Waals surface area contributed by atoms with E-state index in [0.717, 1.165) is 36.1 Å². The van der Waals surface area contributed by atoms with Crippen LogP contribution in [0.4, 0.5) is 4.39 Å². The summed E-state index contributed by atoms with van der Waals surface area (Å²) in [5.74, 6) is 0.533. The maximum atomic E-state index is 12.9. The van der Waals surface area contributed by atoms with E-state index >= 15 is 0 Å². The maximum absolute atomic E-state index is 12.9. The Balaban J connectivity index is 1.42. The molecular formula is C20H23FN2S. The molecule has 126 valence electrons. The Kier molecular flexibility index (Phi) is 5.81. The van der Waals surface area contributed by atoms with E-state index in [1.54, 1.807) is 12.1 Å². The van der Waals surface area contributed by atoms with Gasteiger partial charge >= 0.3 is 0 Å². The van der Waals surface area contributed by atoms with Gasteiger partial charge in [0.2, 0.25) is 0 Å². The second-order valence-electron chi connectivity index (χ2n) is 6.41. The summed E-state index contributed by atoms with van der Waals surface area (Å²) in [6.45, 7) is 2.66. The number of thiocarbonyl (C=S) groups is 1. The standard InChI is InChI=1S/C20H23FN2S/c21-19-8-6-18(7-9-19)15-22-20(24)23-12-10-17(11-13-23)14-16-4-2-1-3-5-16/h1-9,17H,10-15H2,(H,22,24). The number of hydrogen-bond donors (Lipinski definition) is 1. The largest absolute Gasteiger partial charge is 0.358 e. The van der Waals surface area contributed by atoms with Gasteiger partial charge in [-0.3, -0.25) is 0 Å². The Hall–Kier alpha value is -1.94. The van der Waals surface area contributed by atoms with Crippen LogP contribution in [0.2, 0.25) is 0 Å². The highest BCUT2D eigenvalue weighted by Gasteiger charge is 2.20. The molecule has 0 spiro atoms. The molecule has 24 heavy (non-hydrogen) atoms. The summed E-state index contributed by atoms with van der Waals surface area (Å²) < 4.78 is 12.9. The van der Waals surface area contributed by atoms with Crippen LogP contribution in [0.1, 0.15) is 24.0 Å². The van der Waals surface area contributed by atoms with Crippen LogP contribution in [0.5, 0.6) is 0 Å². The van der Waals surface area contributed by atoms with Crippen LogP contribution in [0.3, 0.4) is 0 Å². The number of piperidine rings is 1. The zero-order chi connectivity index (χ0) is 16.8. The summed E-state index contributed by atoms with van der Waals surface area (Å²) in [7, 11) is 0. The lowest BCUT2D eigenvalue weighted by atomic mass is 9.90. The molecule has 0 amide bonds. The van der Waals surface area contributed by atoms with Crippen molar-refractivity contribution in [2.45, 2.75) is 25.8 Å². The van der Waals surface area contributed by atoms with Crippen molar-refractivity contribution in [2.24, 2.45) is 5.92 Å². The summed E-state index contributed by atoms with van der Waals surface area (Å²) in [5.41, 5.74) is 2.46. The average Bonchev–Trinajstić information content (AvgIpc) is 2.62. The number of rotatable bonds is 4. The first-order valence-corrected chi connectivity index (χ1v) is 8.92. The fourth-order valence-corrected chi connectivity index (χ4v) is 3.43. The van der Waals surface area contributed by atoms with Gasteiger partial charge in [-0.05, 0) is 60.7 Å². The van der Waals surface area contributed by atoms with Gasteiger partial charge in [0, 0.05) is 19.6 Å². The minimum absolute atomic E-state index is 0.207. The molecular weight excluding hydrogens is 319 g/mol. The monoisotopic (exact) mass is 342 g/mol. The smallest absolute Gasteiger partial charge is 0.169 e. The van der Waals surface area contributed by atoms with E-state index < -0.39 is 0 Å². The molecule has 0 aliphatic carbocycles. The topological polar surface area (TPSA) is 15.3 Å². The third-order valence-electron chi connectivity index (χ3n) is 4.63. The molecule has 2 aromatic rings. The minimum Gasteiger partial charge on any atom is -0.358 e. The minimum atomic E-state index is -0.207. The molecule has 1 aliphatic heterocycles. The summed E-state index contributed by atoms with van der Waals surface area (Å²) in [6.07, 6.45) is 3.50. The van der Waals surface area contributed by atoms with E-state index in [1.165, 1.54) is 30.5 Å². The van der Waals surface area contributed by atoms with Crippen molar-refractivity contribution < 1.29 is 4.39 Å². The van der Waals surface area contributed by atoms with Crippen LogP contribution in [0.15, 0.2) is 54.6 Å². The van der Waals surface area contributed by atoms with E-state index in [1.807, 2.05) is 0 Å². The summed E-state index contributed by atoms with van der Waals surface area (Å²) in [5, 5.41) is 4.09. The summed E-state index contributed by atoms with van der Waals surface area (Å²) in [4.78, 5) is 2.25. The molecule has 1 N–H and O–H groups in total. The first-order chi connectivity index (χ1) is 11.7. The van der Waals surface area contributed by atoms with Gasteiger partial charge in [-0.15, -0.1) is 0 Å². The van der Waals surface area contributed by atoms with Gasteiger partial charge in [-0.2, -0.15) is 0 Å². The average molecular weight is 342 g/mol. The van der Waals surface area contributed by atoms with Crippen LogP contribution in [0.25, 0.3) is 0 Å². The van der Waals surface area contributed by atoms with Crippen molar-refractivity contribution in [3.63, 3.8) is 0 Å². The van der Waals surface area contributed by atoms with Gasteiger partial charge in [0.05, 0.1) is 0 Å². The van der Waals surface area contributed by atoms with Crippen molar-refractivity contribution in [3.05, 3.63) is 71.5 Å². The van der Waals surface area contributed by atoms with Gasteiger partial charge in [0.1, 0.15) is 5.82 Å². The molecule has 1 aliphatic rings. The second kappa shape index (κ2) is 8.25. The lowest BCUT2D eigenvalue weighted by molar-refractivity contribution is 0.263. The molecule has 0 unspecified atom stereocenters. The normalized spacial score (nSPS) is 15.3. The molecule has 1 saturated heterocycles. The van der Waals surface area contributed by atoms with Gasteiger partial charge in [-0.1, -0.05) is 42.5 Å². The van der Waals surface area contributed by atoms with Crippen LogP contribution in [-0.4, -0.2) is 23.1 Å².